The molecule has 19 heavy (non-hydrogen) atoms. The Morgan fingerprint density at radius 2 is 2.32 bits per heavy atom. The summed E-state index contributed by atoms with van der Waals surface area (Å²) in [4.78, 5) is 15.0. The number of anilines is 1. The fraction of sp³-hybridized carbons (Fsp3) is 0.333. The molecule has 0 spiro atoms. The van der Waals surface area contributed by atoms with E-state index in [9.17, 15) is 4.79 Å². The first kappa shape index (κ1) is 14.2. The van der Waals surface area contributed by atoms with Crippen LogP contribution in [0.25, 0.3) is 0 Å². The van der Waals surface area contributed by atoms with Gasteiger partial charge in [0.1, 0.15) is 0 Å². The molecule has 102 valence electrons. The average Bonchev–Trinajstić information content (AvgIpc) is 2.78. The second kappa shape index (κ2) is 6.31. The van der Waals surface area contributed by atoms with Crippen molar-refractivity contribution < 1.29 is 0 Å². The van der Waals surface area contributed by atoms with Crippen LogP contribution >= 0.6 is 27.3 Å². The van der Waals surface area contributed by atoms with Crippen LogP contribution in [0, 0.1) is 0 Å². The zero-order chi connectivity index (χ0) is 13.8. The van der Waals surface area contributed by atoms with E-state index in [0.717, 1.165) is 15.0 Å². The fourth-order valence-electron chi connectivity index (χ4n) is 1.66. The Kier molecular flexibility index (Phi) is 4.73. The fourth-order valence-corrected chi connectivity index (χ4v) is 3.09. The summed E-state index contributed by atoms with van der Waals surface area (Å²) in [5.41, 5.74) is 6.18. The van der Waals surface area contributed by atoms with Crippen LogP contribution in [0.1, 0.15) is 4.88 Å². The van der Waals surface area contributed by atoms with Gasteiger partial charge in [0.05, 0.1) is 18.4 Å². The second-order valence-corrected chi connectivity index (χ2v) is 6.06. The molecule has 0 bridgehead atoms. The third kappa shape index (κ3) is 3.65. The van der Waals surface area contributed by atoms with Gasteiger partial charge in [0, 0.05) is 40.9 Å². The van der Waals surface area contributed by atoms with E-state index in [-0.39, 0.29) is 5.56 Å². The minimum absolute atomic E-state index is 0.106. The summed E-state index contributed by atoms with van der Waals surface area (Å²) in [5.74, 6) is 0. The van der Waals surface area contributed by atoms with Crippen molar-refractivity contribution in [1.82, 2.24) is 9.78 Å². The molecule has 2 heterocycles. The number of rotatable bonds is 5. The van der Waals surface area contributed by atoms with E-state index in [2.05, 4.69) is 21.0 Å². The van der Waals surface area contributed by atoms with Crippen LogP contribution < -0.4 is 16.2 Å². The smallest absolute Gasteiger partial charge is 0.269 e. The predicted octanol–water partition coefficient (Wildman–Crippen LogP) is 1.51. The van der Waals surface area contributed by atoms with Gasteiger partial charge >= 0.3 is 0 Å². The molecule has 0 saturated carbocycles. The zero-order valence-corrected chi connectivity index (χ0v) is 12.9. The number of nitrogens with two attached hydrogens (primary N) is 1. The molecule has 2 aromatic heterocycles. The Balaban J connectivity index is 2.17. The first-order valence-corrected chi connectivity index (χ1v) is 7.48. The highest BCUT2D eigenvalue weighted by Crippen LogP contribution is 2.20. The lowest BCUT2D eigenvalue weighted by molar-refractivity contribution is 0.643. The normalized spacial score (nSPS) is 10.7. The molecule has 2 N–H and O–H groups in total. The first-order valence-electron chi connectivity index (χ1n) is 5.81. The molecule has 0 aliphatic carbocycles. The Hall–Kier alpha value is -1.18. The molecule has 0 unspecified atom stereocenters. The number of nitrogens with zero attached hydrogens (tertiary/aromatic N) is 3. The molecule has 7 heteroatoms. The van der Waals surface area contributed by atoms with E-state index >= 15 is 0 Å². The summed E-state index contributed by atoms with van der Waals surface area (Å²) in [7, 11) is 1.89. The third-order valence-corrected chi connectivity index (χ3v) is 4.37. The maximum atomic E-state index is 12.0. The van der Waals surface area contributed by atoms with Gasteiger partial charge in [-0.2, -0.15) is 5.10 Å². The van der Waals surface area contributed by atoms with Gasteiger partial charge in [-0.25, -0.2) is 4.68 Å². The lowest BCUT2D eigenvalue weighted by atomic mass is 10.4. The van der Waals surface area contributed by atoms with Crippen molar-refractivity contribution in [3.05, 3.63) is 43.4 Å². The number of hydrogen-bond donors (Lipinski definition) is 1. The number of hydrogen-bond acceptors (Lipinski definition) is 5. The predicted molar refractivity (Wildman–Crippen MR) is 81.9 cm³/mol. The van der Waals surface area contributed by atoms with Crippen molar-refractivity contribution in [3.63, 3.8) is 0 Å². The van der Waals surface area contributed by atoms with Gasteiger partial charge in [-0.15, -0.1) is 11.3 Å². The topological polar surface area (TPSA) is 64.2 Å². The molecule has 2 rings (SSSR count). The molecular formula is C12H15BrN4OS. The first-order chi connectivity index (χ1) is 9.10. The zero-order valence-electron chi connectivity index (χ0n) is 10.5. The molecule has 0 aliphatic rings. The van der Waals surface area contributed by atoms with Gasteiger partial charge in [-0.1, -0.05) is 0 Å². The van der Waals surface area contributed by atoms with Gasteiger partial charge in [0.15, 0.2) is 0 Å². The lowest BCUT2D eigenvalue weighted by Crippen LogP contribution is -2.29. The molecular weight excluding hydrogens is 328 g/mol. The van der Waals surface area contributed by atoms with Crippen LogP contribution in [0.5, 0.6) is 0 Å². The SMILES string of the molecule is CN(CCN)c1cnn(Cc2cc(Br)cs2)c(=O)c1. The largest absolute Gasteiger partial charge is 0.372 e. The summed E-state index contributed by atoms with van der Waals surface area (Å²) >= 11 is 4.99. The minimum atomic E-state index is -0.106. The highest BCUT2D eigenvalue weighted by molar-refractivity contribution is 9.10. The lowest BCUT2D eigenvalue weighted by Gasteiger charge is -2.17. The summed E-state index contributed by atoms with van der Waals surface area (Å²) in [6.45, 7) is 1.74. The van der Waals surface area contributed by atoms with Crippen molar-refractivity contribution in [1.29, 1.82) is 0 Å². The number of thiophene rings is 1. The highest BCUT2D eigenvalue weighted by atomic mass is 79.9. The Bertz CT molecular complexity index is 610. The number of likely N-dealkylation sites (N-methyl/N-ethyl adjacent to an activating group) is 1. The summed E-state index contributed by atoms with van der Waals surface area (Å²) in [5, 5.41) is 6.19. The van der Waals surface area contributed by atoms with Crippen LogP contribution in [0.3, 0.4) is 0 Å². The maximum absolute atomic E-state index is 12.0. The molecule has 0 radical (unpaired) electrons. The van der Waals surface area contributed by atoms with E-state index in [1.54, 1.807) is 23.6 Å². The quantitative estimate of drug-likeness (QED) is 0.894. The molecule has 2 aromatic rings. The average molecular weight is 343 g/mol. The summed E-state index contributed by atoms with van der Waals surface area (Å²) < 4.78 is 2.48. The van der Waals surface area contributed by atoms with Crippen LogP contribution in [0.4, 0.5) is 5.69 Å². The Morgan fingerprint density at radius 1 is 1.53 bits per heavy atom. The number of aromatic nitrogens is 2. The standard InChI is InChI=1S/C12H15BrN4OS/c1-16(3-2-14)10-5-12(18)17(15-6-10)7-11-4-9(13)8-19-11/h4-6,8H,2-3,7,14H2,1H3. The molecule has 0 aromatic carbocycles. The Morgan fingerprint density at radius 3 is 2.89 bits per heavy atom. The molecule has 0 amide bonds. The van der Waals surface area contributed by atoms with Crippen molar-refractivity contribution in [2.75, 3.05) is 25.0 Å². The van der Waals surface area contributed by atoms with Gasteiger partial charge in [-0.3, -0.25) is 4.79 Å². The Labute approximate surface area is 123 Å². The molecule has 0 aliphatic heterocycles. The van der Waals surface area contributed by atoms with Crippen molar-refractivity contribution in [2.45, 2.75) is 6.54 Å². The molecule has 0 atom stereocenters. The molecule has 5 nitrogen and oxygen atoms in total. The van der Waals surface area contributed by atoms with Gasteiger partial charge in [-0.05, 0) is 22.0 Å². The van der Waals surface area contributed by atoms with E-state index in [0.29, 0.717) is 19.6 Å². The number of halogens is 1. The summed E-state index contributed by atoms with van der Waals surface area (Å²) in [6.07, 6.45) is 1.69. The van der Waals surface area contributed by atoms with E-state index < -0.39 is 0 Å². The monoisotopic (exact) mass is 342 g/mol. The van der Waals surface area contributed by atoms with Gasteiger partial charge < -0.3 is 10.6 Å². The van der Waals surface area contributed by atoms with Gasteiger partial charge in [0.2, 0.25) is 0 Å². The van der Waals surface area contributed by atoms with E-state index in [1.165, 1.54) is 4.68 Å². The van der Waals surface area contributed by atoms with Crippen molar-refractivity contribution >= 4 is 33.0 Å². The molecule has 0 fully saturated rings. The minimum Gasteiger partial charge on any atom is -0.372 e. The summed E-state index contributed by atoms with van der Waals surface area (Å²) in [6, 6.07) is 3.58. The van der Waals surface area contributed by atoms with Crippen LogP contribution in [0.2, 0.25) is 0 Å². The van der Waals surface area contributed by atoms with Crippen LogP contribution in [-0.4, -0.2) is 29.9 Å². The maximum Gasteiger partial charge on any atom is 0.269 e. The molecule has 0 saturated heterocycles. The van der Waals surface area contributed by atoms with Crippen molar-refractivity contribution in [3.8, 4) is 0 Å². The highest BCUT2D eigenvalue weighted by Gasteiger charge is 2.06. The second-order valence-electron chi connectivity index (χ2n) is 4.15. The van der Waals surface area contributed by atoms with E-state index in [4.69, 9.17) is 5.73 Å². The van der Waals surface area contributed by atoms with Crippen LogP contribution in [0.15, 0.2) is 33.0 Å². The third-order valence-electron chi connectivity index (χ3n) is 2.69. The van der Waals surface area contributed by atoms with E-state index in [1.807, 2.05) is 23.4 Å². The van der Waals surface area contributed by atoms with Crippen LogP contribution in [-0.2, 0) is 6.54 Å². The van der Waals surface area contributed by atoms with Crippen molar-refractivity contribution in [2.24, 2.45) is 5.73 Å². The van der Waals surface area contributed by atoms with Gasteiger partial charge in [0.25, 0.3) is 5.56 Å².